The maximum Gasteiger partial charge on any atom is 0.338 e. The van der Waals surface area contributed by atoms with Crippen molar-refractivity contribution >= 4 is 53.8 Å². The van der Waals surface area contributed by atoms with Gasteiger partial charge >= 0.3 is 11.9 Å². The summed E-state index contributed by atoms with van der Waals surface area (Å²) in [5.41, 5.74) is 3.54. The molecule has 50 heavy (non-hydrogen) atoms. The first-order valence-electron chi connectivity index (χ1n) is 16.4. The van der Waals surface area contributed by atoms with E-state index in [4.69, 9.17) is 14.2 Å². The first-order chi connectivity index (χ1) is 24.1. The molecule has 11 heteroatoms. The van der Waals surface area contributed by atoms with E-state index in [1.165, 1.54) is 19.2 Å². The summed E-state index contributed by atoms with van der Waals surface area (Å²) in [5, 5.41) is 0. The normalized spacial score (nSPS) is 19.0. The first-order valence-corrected chi connectivity index (χ1v) is 19.4. The number of hydrogen-bond acceptors (Lipinski definition) is 7. The van der Waals surface area contributed by atoms with Gasteiger partial charge in [0.25, 0.3) is 0 Å². The monoisotopic (exact) mass is 823 g/mol. The Labute approximate surface area is 310 Å². The first kappa shape index (κ1) is 37.6. The van der Waals surface area contributed by atoms with Gasteiger partial charge in [0.15, 0.2) is 0 Å². The number of benzene rings is 4. The highest BCUT2D eigenvalue weighted by molar-refractivity contribution is 9.13. The van der Waals surface area contributed by atoms with E-state index in [-0.39, 0.29) is 23.4 Å². The van der Waals surface area contributed by atoms with Crippen LogP contribution in [0.2, 0.25) is 0 Å². The van der Waals surface area contributed by atoms with Gasteiger partial charge in [-0.05, 0) is 98.1 Å². The van der Waals surface area contributed by atoms with Gasteiger partial charge in [0.05, 0.1) is 36.3 Å². The summed E-state index contributed by atoms with van der Waals surface area (Å²) in [6.45, 7) is 0.289. The summed E-state index contributed by atoms with van der Waals surface area (Å²) < 4.78 is 49.2. The number of methoxy groups -OCH3 is 1. The molecule has 0 aromatic heterocycles. The van der Waals surface area contributed by atoms with Crippen LogP contribution in [0.1, 0.15) is 48.0 Å². The molecule has 8 nitrogen and oxygen atoms in total. The average molecular weight is 826 g/mol. The number of halogens is 2. The van der Waals surface area contributed by atoms with Gasteiger partial charge in [0.1, 0.15) is 6.10 Å². The average Bonchev–Trinajstić information content (AvgIpc) is 3.44. The van der Waals surface area contributed by atoms with Crippen LogP contribution in [0, 0.1) is 5.92 Å². The largest absolute Gasteiger partial charge is 0.469 e. The molecule has 0 heterocycles. The zero-order chi connectivity index (χ0) is 35.5. The third-order valence-electron chi connectivity index (χ3n) is 8.64. The van der Waals surface area contributed by atoms with E-state index in [2.05, 4.69) is 60.8 Å². The lowest BCUT2D eigenvalue weighted by atomic mass is 9.97. The predicted octanol–water partition coefficient (Wildman–Crippen LogP) is 8.65. The minimum Gasteiger partial charge on any atom is -0.469 e. The Morgan fingerprint density at radius 3 is 2.20 bits per heavy atom. The lowest BCUT2D eigenvalue weighted by Crippen LogP contribution is -2.46. The summed E-state index contributed by atoms with van der Waals surface area (Å²) in [7, 11) is -2.68. The van der Waals surface area contributed by atoms with Crippen molar-refractivity contribution in [1.82, 2.24) is 4.72 Å². The van der Waals surface area contributed by atoms with Crippen molar-refractivity contribution in [2.75, 3.05) is 7.11 Å². The van der Waals surface area contributed by atoms with Gasteiger partial charge in [-0.2, -0.15) is 0 Å². The number of sulfonamides is 1. The fourth-order valence-electron chi connectivity index (χ4n) is 5.97. The second-order valence-corrected chi connectivity index (χ2v) is 15.4. The van der Waals surface area contributed by atoms with Crippen LogP contribution >= 0.6 is 31.9 Å². The van der Waals surface area contributed by atoms with Gasteiger partial charge in [0.2, 0.25) is 10.0 Å². The third-order valence-corrected chi connectivity index (χ3v) is 12.0. The molecule has 1 saturated carbocycles. The van der Waals surface area contributed by atoms with Gasteiger partial charge in [-0.3, -0.25) is 4.79 Å². The Bertz CT molecular complexity index is 1870. The summed E-state index contributed by atoms with van der Waals surface area (Å²) in [4.78, 5) is 24.9. The number of carbonyl (C=O) groups is 2. The van der Waals surface area contributed by atoms with Crippen LogP contribution in [-0.2, 0) is 35.6 Å². The number of unbranched alkanes of at least 4 members (excludes halogenated alkanes) is 1. The molecule has 0 unspecified atom stereocenters. The van der Waals surface area contributed by atoms with Gasteiger partial charge in [0, 0.05) is 27.7 Å². The fourth-order valence-corrected chi connectivity index (χ4v) is 8.09. The van der Waals surface area contributed by atoms with Gasteiger partial charge in [-0.25, -0.2) is 17.9 Å². The molecule has 4 atom stereocenters. The minimum absolute atomic E-state index is 0.0701. The smallest absolute Gasteiger partial charge is 0.338 e. The fraction of sp³-hybridized carbons (Fsp3) is 0.282. The minimum atomic E-state index is -4.05. The molecular formula is C39H39Br2NO7S. The number of nitrogens with one attached hydrogen (secondary N) is 1. The Morgan fingerprint density at radius 2 is 1.52 bits per heavy atom. The third kappa shape index (κ3) is 10.2. The van der Waals surface area contributed by atoms with E-state index in [0.717, 1.165) is 16.7 Å². The van der Waals surface area contributed by atoms with E-state index in [9.17, 15) is 18.0 Å². The lowest BCUT2D eigenvalue weighted by Gasteiger charge is -2.27. The van der Waals surface area contributed by atoms with Crippen molar-refractivity contribution in [2.45, 2.75) is 61.9 Å². The highest BCUT2D eigenvalue weighted by Crippen LogP contribution is 2.37. The molecule has 1 aliphatic carbocycles. The summed E-state index contributed by atoms with van der Waals surface area (Å²) in [6.07, 6.45) is 5.03. The standard InChI is InChI=1S/C39H39Br2NO7S/c1-47-37(43)17-11-3-2-10-16-32-35(48-26-27-18-20-29(21-19-27)28-12-6-4-7-13-28)25-36(49-39(44)30-14-8-5-9-15-30)38(32)42-50(45,46)31-22-23-33(40)34(41)24-31/h2,4-10,12-15,18-24,32,35-36,38,42H,3,11,16-17,25-26H2,1H3/b10-2-/t32-,35+,36+,38+/m0/s1. The molecule has 262 valence electrons. The van der Waals surface area contributed by atoms with E-state index in [1.807, 2.05) is 48.6 Å². The van der Waals surface area contributed by atoms with E-state index in [0.29, 0.717) is 46.6 Å². The maximum atomic E-state index is 13.9. The maximum absolute atomic E-state index is 13.9. The molecule has 0 radical (unpaired) electrons. The Kier molecular flexibility index (Phi) is 13.6. The van der Waals surface area contributed by atoms with Crippen LogP contribution in [0.3, 0.4) is 0 Å². The number of ether oxygens (including phenoxy) is 3. The van der Waals surface area contributed by atoms with E-state index < -0.39 is 34.2 Å². The molecule has 1 aliphatic rings. The Hall–Kier alpha value is -3.61. The Balaban J connectivity index is 1.40. The zero-order valence-corrected chi connectivity index (χ0v) is 31.5. The van der Waals surface area contributed by atoms with Crippen molar-refractivity contribution in [3.05, 3.63) is 135 Å². The van der Waals surface area contributed by atoms with Crippen LogP contribution in [0.5, 0.6) is 0 Å². The highest BCUT2D eigenvalue weighted by atomic mass is 79.9. The molecular weight excluding hydrogens is 786 g/mol. The second-order valence-electron chi connectivity index (χ2n) is 12.0. The van der Waals surface area contributed by atoms with Crippen LogP contribution in [0.15, 0.2) is 129 Å². The second kappa shape index (κ2) is 18.1. The number of hydrogen-bond donors (Lipinski definition) is 1. The Morgan fingerprint density at radius 1 is 0.840 bits per heavy atom. The quantitative estimate of drug-likeness (QED) is 0.0727. The topological polar surface area (TPSA) is 108 Å². The molecule has 0 amide bonds. The van der Waals surface area contributed by atoms with E-state index in [1.54, 1.807) is 30.3 Å². The van der Waals surface area contributed by atoms with Crippen LogP contribution in [0.25, 0.3) is 11.1 Å². The summed E-state index contributed by atoms with van der Waals surface area (Å²) in [6, 6.07) is 30.8. The number of esters is 2. The number of allylic oxidation sites excluding steroid dienone is 2. The van der Waals surface area contributed by atoms with Crippen LogP contribution < -0.4 is 4.72 Å². The highest BCUT2D eigenvalue weighted by Gasteiger charge is 2.47. The SMILES string of the molecule is COC(=O)CCC/C=C\C[C@@H]1[C@@H](NS(=O)(=O)c2ccc(Br)c(Br)c2)[C@H](OC(=O)c2ccccc2)C[C@H]1OCc1ccc(-c2ccccc2)cc1. The molecule has 4 aromatic carbocycles. The van der Waals surface area contributed by atoms with Crippen LogP contribution in [0.4, 0.5) is 0 Å². The molecule has 1 fully saturated rings. The molecule has 0 aliphatic heterocycles. The number of carbonyl (C=O) groups excluding carboxylic acids is 2. The molecule has 1 N–H and O–H groups in total. The predicted molar refractivity (Wildman–Crippen MR) is 200 cm³/mol. The van der Waals surface area contributed by atoms with Gasteiger partial charge in [-0.1, -0.05) is 84.9 Å². The molecule has 0 bridgehead atoms. The number of rotatable bonds is 15. The van der Waals surface area contributed by atoms with Crippen molar-refractivity contribution in [3.8, 4) is 11.1 Å². The van der Waals surface area contributed by atoms with Crippen molar-refractivity contribution in [1.29, 1.82) is 0 Å². The molecule has 5 rings (SSSR count). The van der Waals surface area contributed by atoms with Crippen molar-refractivity contribution < 1.29 is 32.2 Å². The van der Waals surface area contributed by atoms with Crippen molar-refractivity contribution in [2.24, 2.45) is 5.92 Å². The summed E-state index contributed by atoms with van der Waals surface area (Å²) >= 11 is 6.81. The molecule has 0 spiro atoms. The van der Waals surface area contributed by atoms with Crippen LogP contribution in [-0.4, -0.2) is 45.7 Å². The van der Waals surface area contributed by atoms with Crippen molar-refractivity contribution in [3.63, 3.8) is 0 Å². The summed E-state index contributed by atoms with van der Waals surface area (Å²) in [5.74, 6) is -1.19. The zero-order valence-electron chi connectivity index (χ0n) is 27.5. The molecule has 4 aromatic rings. The molecule has 0 saturated heterocycles. The lowest BCUT2D eigenvalue weighted by molar-refractivity contribution is -0.140. The van der Waals surface area contributed by atoms with Gasteiger partial charge < -0.3 is 14.2 Å². The van der Waals surface area contributed by atoms with Gasteiger partial charge in [-0.15, -0.1) is 0 Å². The van der Waals surface area contributed by atoms with E-state index >= 15 is 0 Å².